The van der Waals surface area contributed by atoms with Gasteiger partial charge in [-0.1, -0.05) is 12.1 Å². The molecule has 0 saturated carbocycles. The Morgan fingerprint density at radius 1 is 1.50 bits per heavy atom. The molecule has 1 saturated heterocycles. The fourth-order valence-electron chi connectivity index (χ4n) is 1.52. The fourth-order valence-corrected chi connectivity index (χ4v) is 2.09. The van der Waals surface area contributed by atoms with Crippen molar-refractivity contribution < 1.29 is 18.3 Å². The van der Waals surface area contributed by atoms with Crippen molar-refractivity contribution in [3.05, 3.63) is 33.4 Å². The Morgan fingerprint density at radius 3 is 2.94 bits per heavy atom. The minimum atomic E-state index is -3.08. The topological polar surface area (TPSA) is 38.3 Å². The average molecular weight is 339 g/mol. The van der Waals surface area contributed by atoms with Crippen LogP contribution in [0.2, 0.25) is 0 Å². The lowest BCUT2D eigenvalue weighted by atomic mass is 10.0. The van der Waals surface area contributed by atoms with Crippen LogP contribution in [0.3, 0.4) is 0 Å². The first kappa shape index (κ1) is 11.6. The lowest BCUT2D eigenvalue weighted by Gasteiger charge is -2.31. The first-order valence-electron chi connectivity index (χ1n) is 4.55. The quantitative estimate of drug-likeness (QED) is 0.799. The van der Waals surface area contributed by atoms with Gasteiger partial charge in [-0.25, -0.2) is 13.6 Å². The van der Waals surface area contributed by atoms with Crippen molar-refractivity contribution >= 4 is 28.7 Å². The Kier molecular flexibility index (Phi) is 3.00. The van der Waals surface area contributed by atoms with Crippen molar-refractivity contribution in [1.82, 2.24) is 5.32 Å². The van der Waals surface area contributed by atoms with Crippen molar-refractivity contribution in [2.24, 2.45) is 0 Å². The molecule has 16 heavy (non-hydrogen) atoms. The first-order valence-corrected chi connectivity index (χ1v) is 5.63. The standard InChI is InChI=1S/C10H8F2INO2/c11-10(12)5-16-9(15)14-8(10)6-2-1-3-7(13)4-6/h1-4,8H,5H2,(H,14,15)/t8-/m0/s1. The Morgan fingerprint density at radius 2 is 2.25 bits per heavy atom. The van der Waals surface area contributed by atoms with Gasteiger partial charge in [0, 0.05) is 3.57 Å². The number of hydrogen-bond acceptors (Lipinski definition) is 2. The number of carbonyl (C=O) groups excluding carboxylic acids is 1. The Labute approximate surface area is 104 Å². The molecule has 1 amide bonds. The first-order chi connectivity index (χ1) is 7.49. The van der Waals surface area contributed by atoms with Crippen LogP contribution in [0, 0.1) is 3.57 Å². The fraction of sp³-hybridized carbons (Fsp3) is 0.300. The van der Waals surface area contributed by atoms with Crippen LogP contribution in [0.4, 0.5) is 13.6 Å². The summed E-state index contributed by atoms with van der Waals surface area (Å²) >= 11 is 2.03. The van der Waals surface area contributed by atoms with Crippen LogP contribution in [-0.4, -0.2) is 18.6 Å². The molecule has 86 valence electrons. The van der Waals surface area contributed by atoms with E-state index >= 15 is 0 Å². The number of cyclic esters (lactones) is 1. The lowest BCUT2D eigenvalue weighted by Crippen LogP contribution is -2.49. The summed E-state index contributed by atoms with van der Waals surface area (Å²) in [6, 6.07) is 5.33. The molecule has 1 aliphatic heterocycles. The highest BCUT2D eigenvalue weighted by Gasteiger charge is 2.46. The monoisotopic (exact) mass is 339 g/mol. The second-order valence-electron chi connectivity index (χ2n) is 3.47. The molecular weight excluding hydrogens is 331 g/mol. The van der Waals surface area contributed by atoms with Crippen LogP contribution < -0.4 is 5.32 Å². The van der Waals surface area contributed by atoms with E-state index in [4.69, 9.17) is 0 Å². The van der Waals surface area contributed by atoms with Crippen LogP contribution in [-0.2, 0) is 4.74 Å². The van der Waals surface area contributed by atoms with E-state index in [2.05, 4.69) is 10.1 Å². The third-order valence-electron chi connectivity index (χ3n) is 2.26. The zero-order valence-electron chi connectivity index (χ0n) is 8.04. The number of benzene rings is 1. The van der Waals surface area contributed by atoms with Gasteiger partial charge < -0.3 is 10.1 Å². The molecule has 1 aromatic rings. The number of hydrogen-bond donors (Lipinski definition) is 1. The summed E-state index contributed by atoms with van der Waals surface area (Å²) in [4.78, 5) is 11.0. The predicted molar refractivity (Wildman–Crippen MR) is 61.3 cm³/mol. The van der Waals surface area contributed by atoms with Gasteiger partial charge in [-0.3, -0.25) is 0 Å². The summed E-state index contributed by atoms with van der Waals surface area (Å²) in [5.41, 5.74) is 0.383. The zero-order valence-corrected chi connectivity index (χ0v) is 10.2. The number of alkyl carbamates (subject to hydrolysis) is 1. The summed E-state index contributed by atoms with van der Waals surface area (Å²) < 4.78 is 32.1. The van der Waals surface area contributed by atoms with Crippen LogP contribution in [0.25, 0.3) is 0 Å². The van der Waals surface area contributed by atoms with Gasteiger partial charge in [0.2, 0.25) is 0 Å². The Balaban J connectivity index is 2.33. The molecule has 1 N–H and O–H groups in total. The molecule has 6 heteroatoms. The van der Waals surface area contributed by atoms with Gasteiger partial charge in [-0.05, 0) is 40.3 Å². The second kappa shape index (κ2) is 4.15. The summed E-state index contributed by atoms with van der Waals surface area (Å²) in [7, 11) is 0. The third-order valence-corrected chi connectivity index (χ3v) is 2.93. The molecule has 0 spiro atoms. The summed E-state index contributed by atoms with van der Waals surface area (Å²) in [6.07, 6.45) is -0.810. The molecule has 1 aromatic carbocycles. The summed E-state index contributed by atoms with van der Waals surface area (Å²) in [5, 5.41) is 2.14. The highest BCUT2D eigenvalue weighted by Crippen LogP contribution is 2.34. The highest BCUT2D eigenvalue weighted by molar-refractivity contribution is 14.1. The largest absolute Gasteiger partial charge is 0.443 e. The van der Waals surface area contributed by atoms with E-state index in [1.165, 1.54) is 0 Å². The maximum absolute atomic E-state index is 13.5. The van der Waals surface area contributed by atoms with Gasteiger partial charge in [0.1, 0.15) is 6.04 Å². The summed E-state index contributed by atoms with van der Waals surface area (Å²) in [5.74, 6) is -3.08. The zero-order chi connectivity index (χ0) is 11.8. The molecule has 0 unspecified atom stereocenters. The van der Waals surface area contributed by atoms with Gasteiger partial charge in [0.25, 0.3) is 0 Å². The Hall–Kier alpha value is -0.920. The van der Waals surface area contributed by atoms with Crippen LogP contribution in [0.15, 0.2) is 24.3 Å². The van der Waals surface area contributed by atoms with E-state index in [1.54, 1.807) is 24.3 Å². The molecule has 3 nitrogen and oxygen atoms in total. The molecule has 0 aromatic heterocycles. The molecule has 1 atom stereocenters. The Bertz CT molecular complexity index is 425. The van der Waals surface area contributed by atoms with E-state index < -0.39 is 24.7 Å². The molecule has 0 bridgehead atoms. The average Bonchev–Trinajstić information content (AvgIpc) is 2.22. The van der Waals surface area contributed by atoms with Crippen molar-refractivity contribution in [2.75, 3.05) is 6.61 Å². The lowest BCUT2D eigenvalue weighted by molar-refractivity contribution is -0.104. The SMILES string of the molecule is O=C1N[C@@H](c2cccc(I)c2)C(F)(F)CO1. The molecule has 1 aliphatic rings. The van der Waals surface area contributed by atoms with Crippen LogP contribution >= 0.6 is 22.6 Å². The molecular formula is C10H8F2INO2. The van der Waals surface area contributed by atoms with E-state index in [9.17, 15) is 13.6 Å². The van der Waals surface area contributed by atoms with E-state index in [-0.39, 0.29) is 0 Å². The maximum Gasteiger partial charge on any atom is 0.408 e. The molecule has 1 fully saturated rings. The van der Waals surface area contributed by atoms with Crippen molar-refractivity contribution in [2.45, 2.75) is 12.0 Å². The number of ether oxygens (including phenoxy) is 1. The molecule has 2 rings (SSSR count). The minimum Gasteiger partial charge on any atom is -0.443 e. The van der Waals surface area contributed by atoms with Crippen molar-refractivity contribution in [3.63, 3.8) is 0 Å². The van der Waals surface area contributed by atoms with E-state index in [1.807, 2.05) is 22.6 Å². The number of carbonyl (C=O) groups is 1. The highest BCUT2D eigenvalue weighted by atomic mass is 127. The molecule has 0 aliphatic carbocycles. The normalized spacial score (nSPS) is 23.4. The number of halogens is 3. The molecule has 0 radical (unpaired) electrons. The van der Waals surface area contributed by atoms with Gasteiger partial charge in [-0.15, -0.1) is 0 Å². The number of amides is 1. The van der Waals surface area contributed by atoms with Gasteiger partial charge in [-0.2, -0.15) is 0 Å². The van der Waals surface area contributed by atoms with Gasteiger partial charge in [0.05, 0.1) is 0 Å². The second-order valence-corrected chi connectivity index (χ2v) is 4.72. The number of alkyl halides is 2. The van der Waals surface area contributed by atoms with Crippen LogP contribution in [0.5, 0.6) is 0 Å². The van der Waals surface area contributed by atoms with Crippen LogP contribution in [0.1, 0.15) is 11.6 Å². The smallest absolute Gasteiger partial charge is 0.408 e. The van der Waals surface area contributed by atoms with Crippen molar-refractivity contribution in [3.8, 4) is 0 Å². The maximum atomic E-state index is 13.5. The third kappa shape index (κ3) is 2.26. The number of rotatable bonds is 1. The van der Waals surface area contributed by atoms with E-state index in [0.717, 1.165) is 3.57 Å². The number of nitrogens with one attached hydrogen (secondary N) is 1. The molecule has 1 heterocycles. The predicted octanol–water partition coefficient (Wildman–Crippen LogP) is 2.71. The minimum absolute atomic E-state index is 0.383. The van der Waals surface area contributed by atoms with Crippen molar-refractivity contribution in [1.29, 1.82) is 0 Å². The summed E-state index contributed by atoms with van der Waals surface area (Å²) in [6.45, 7) is -0.880. The van der Waals surface area contributed by atoms with E-state index in [0.29, 0.717) is 5.56 Å². The van der Waals surface area contributed by atoms with Gasteiger partial charge >= 0.3 is 12.0 Å². The van der Waals surface area contributed by atoms with Gasteiger partial charge in [0.15, 0.2) is 6.61 Å².